The number of hydrogen-bond acceptors (Lipinski definition) is 15. The number of rotatable bonds is 12. The van der Waals surface area contributed by atoms with E-state index in [0.29, 0.717) is 77.1 Å². The number of fused-ring (bicyclic) bond motifs is 4. The number of likely N-dealkylation sites (N-methyl/N-ethyl adjacent to an activating group) is 1. The number of piperazine rings is 1. The molecule has 4 atom stereocenters. The fourth-order valence-electron chi connectivity index (χ4n) is 12.7. The number of aliphatic hydroxyl groups is 1. The van der Waals surface area contributed by atoms with E-state index in [1.54, 1.807) is 35.5 Å². The maximum absolute atomic E-state index is 14.1. The number of carbonyl (C=O) groups is 6. The van der Waals surface area contributed by atoms with Gasteiger partial charge in [0.2, 0.25) is 11.8 Å². The Hall–Kier alpha value is -7.97. The molecule has 5 aromatic rings. The van der Waals surface area contributed by atoms with Gasteiger partial charge in [-0.1, -0.05) is 26.5 Å². The number of aromatic nitrogens is 4. The topological polar surface area (TPSA) is 219 Å². The standard InChI is InChI=1S/C57H64N12O8/c1-8-47(71)61-40-26-35(60-50-52(77-7)59-29-41(62-50)37-16-18-58-51(39(37)31-70)68-23-22-67-45(55(68)75)25-34-27-57(4,5)28-46(34)67)12-13-42(40)66-21-20-64(30-33(66)3)36-17-19-65(32(2)24-36)43-11-9-10-38-49(43)56(76)69(53(38)73)44-14-15-48(72)63(6)54(44)74/h8-13,16,18,25-26,29,32-33,36,44,70H,1,14-15,17,19-24,27-28,30-31H2,2-7H3,(H,60,62)(H,61,71)/t32-,33-,36?,44?/m0/s1. The van der Waals surface area contributed by atoms with Crippen LogP contribution in [0.25, 0.3) is 11.3 Å². The molecule has 20 heteroatoms. The molecule has 0 spiro atoms. The van der Waals surface area contributed by atoms with E-state index < -0.39 is 30.4 Å². The number of pyridine rings is 1. The van der Waals surface area contributed by atoms with Crippen molar-refractivity contribution in [2.75, 3.05) is 72.2 Å². The van der Waals surface area contributed by atoms with Crippen LogP contribution in [0.1, 0.15) is 101 Å². The Labute approximate surface area is 446 Å². The van der Waals surface area contributed by atoms with E-state index in [9.17, 15) is 33.9 Å². The van der Waals surface area contributed by atoms with Crippen LogP contribution >= 0.6 is 0 Å². The molecule has 2 unspecified atom stereocenters. The normalized spacial score (nSPS) is 22.3. The molecule has 0 radical (unpaired) electrons. The van der Waals surface area contributed by atoms with Crippen molar-refractivity contribution in [2.45, 2.75) is 104 Å². The summed E-state index contributed by atoms with van der Waals surface area (Å²) >= 11 is 0. The van der Waals surface area contributed by atoms with Crippen molar-refractivity contribution >= 4 is 69.8 Å². The van der Waals surface area contributed by atoms with Crippen molar-refractivity contribution in [3.63, 3.8) is 0 Å². The minimum absolute atomic E-state index is 0.0301. The number of likely N-dealkylation sites (tertiary alicyclic amines) is 1. The highest BCUT2D eigenvalue weighted by Crippen LogP contribution is 2.42. The molecule has 3 saturated heterocycles. The number of methoxy groups -OCH3 is 1. The first kappa shape index (κ1) is 51.2. The van der Waals surface area contributed by atoms with E-state index in [1.165, 1.54) is 31.5 Å². The molecule has 11 rings (SSSR count). The first-order valence-electron chi connectivity index (χ1n) is 26.5. The largest absolute Gasteiger partial charge is 0.478 e. The summed E-state index contributed by atoms with van der Waals surface area (Å²) in [5.74, 6) is -1.55. The number of nitrogens with zero attached hydrogens (tertiary/aromatic N) is 10. The van der Waals surface area contributed by atoms with Crippen molar-refractivity contribution < 1.29 is 38.6 Å². The third-order valence-corrected chi connectivity index (χ3v) is 16.5. The van der Waals surface area contributed by atoms with Crippen LogP contribution in [0, 0.1) is 5.41 Å². The second-order valence-electron chi connectivity index (χ2n) is 21.9. The van der Waals surface area contributed by atoms with Crippen LogP contribution in [0.15, 0.2) is 73.6 Å². The van der Waals surface area contributed by atoms with Crippen LogP contribution in [0.4, 0.5) is 34.4 Å². The first-order chi connectivity index (χ1) is 37.0. The lowest BCUT2D eigenvalue weighted by atomic mass is 9.90. The predicted molar refractivity (Wildman–Crippen MR) is 290 cm³/mol. The molecule has 0 saturated carbocycles. The smallest absolute Gasteiger partial charge is 0.276 e. The van der Waals surface area contributed by atoms with Gasteiger partial charge in [0.15, 0.2) is 5.82 Å². The average molecular weight is 1050 g/mol. The molecule has 3 fully saturated rings. The number of hydrogen-bond donors (Lipinski definition) is 3. The molecule has 6 aliphatic rings. The minimum Gasteiger partial charge on any atom is -0.478 e. The van der Waals surface area contributed by atoms with Gasteiger partial charge < -0.3 is 34.8 Å². The third-order valence-electron chi connectivity index (χ3n) is 16.5. The molecule has 20 nitrogen and oxygen atoms in total. The predicted octanol–water partition coefficient (Wildman–Crippen LogP) is 5.81. The molecule has 0 bridgehead atoms. The number of aliphatic hydroxyl groups excluding tert-OH is 1. The number of amides is 6. The van der Waals surface area contributed by atoms with E-state index in [0.717, 1.165) is 54.3 Å². The molecule has 3 aromatic heterocycles. The van der Waals surface area contributed by atoms with Crippen LogP contribution in [-0.4, -0.2) is 146 Å². The highest BCUT2D eigenvalue weighted by atomic mass is 16.5. The van der Waals surface area contributed by atoms with Crippen LogP contribution in [0.3, 0.4) is 0 Å². The highest BCUT2D eigenvalue weighted by molar-refractivity contribution is 6.25. The Kier molecular flexibility index (Phi) is 13.2. The Morgan fingerprint density at radius 3 is 2.45 bits per heavy atom. The maximum Gasteiger partial charge on any atom is 0.276 e. The minimum atomic E-state index is -1.02. The molecule has 8 heterocycles. The summed E-state index contributed by atoms with van der Waals surface area (Å²) in [6.45, 7) is 16.0. The molecule has 400 valence electrons. The summed E-state index contributed by atoms with van der Waals surface area (Å²) in [5, 5.41) is 17.3. The highest BCUT2D eigenvalue weighted by Gasteiger charge is 2.48. The van der Waals surface area contributed by atoms with Gasteiger partial charge in [0.05, 0.1) is 53.8 Å². The van der Waals surface area contributed by atoms with Crippen molar-refractivity contribution in [1.82, 2.24) is 34.2 Å². The number of nitrogens with one attached hydrogen (secondary N) is 2. The van der Waals surface area contributed by atoms with Gasteiger partial charge in [-0.2, -0.15) is 0 Å². The van der Waals surface area contributed by atoms with Gasteiger partial charge in [0.25, 0.3) is 29.5 Å². The van der Waals surface area contributed by atoms with E-state index >= 15 is 0 Å². The lowest BCUT2D eigenvalue weighted by Gasteiger charge is -2.48. The summed E-state index contributed by atoms with van der Waals surface area (Å²) < 4.78 is 7.82. The summed E-state index contributed by atoms with van der Waals surface area (Å²) in [6, 6.07) is 14.1. The number of imide groups is 2. The van der Waals surface area contributed by atoms with Crippen molar-refractivity contribution in [1.29, 1.82) is 0 Å². The van der Waals surface area contributed by atoms with Crippen LogP contribution in [0.5, 0.6) is 5.88 Å². The van der Waals surface area contributed by atoms with E-state index in [-0.39, 0.29) is 71.4 Å². The second kappa shape index (κ2) is 19.9. The van der Waals surface area contributed by atoms with Gasteiger partial charge in [-0.25, -0.2) is 15.0 Å². The molecule has 2 aromatic carbocycles. The van der Waals surface area contributed by atoms with Gasteiger partial charge in [0.1, 0.15) is 17.6 Å². The van der Waals surface area contributed by atoms with Gasteiger partial charge in [0, 0.05) is 99.6 Å². The molecular weight excluding hydrogens is 981 g/mol. The maximum atomic E-state index is 14.1. The number of benzene rings is 2. The first-order valence-corrected chi connectivity index (χ1v) is 26.5. The van der Waals surface area contributed by atoms with Crippen molar-refractivity contribution in [2.24, 2.45) is 5.41 Å². The van der Waals surface area contributed by atoms with E-state index in [2.05, 4.69) is 74.1 Å². The molecule has 6 amide bonds. The summed E-state index contributed by atoms with van der Waals surface area (Å²) in [4.78, 5) is 105. The average Bonchev–Trinajstić information content (AvgIpc) is 4.20. The Balaban J connectivity index is 0.782. The Morgan fingerprint density at radius 2 is 1.70 bits per heavy atom. The number of carbonyl (C=O) groups excluding carboxylic acids is 6. The van der Waals surface area contributed by atoms with Crippen molar-refractivity contribution in [3.8, 4) is 17.1 Å². The summed E-state index contributed by atoms with van der Waals surface area (Å²) in [6.07, 6.45) is 8.07. The third kappa shape index (κ3) is 8.95. The van der Waals surface area contributed by atoms with Gasteiger partial charge in [-0.15, -0.1) is 0 Å². The fourth-order valence-corrected chi connectivity index (χ4v) is 12.7. The molecule has 1 aliphatic carbocycles. The van der Waals surface area contributed by atoms with E-state index in [1.807, 2.05) is 30.3 Å². The summed E-state index contributed by atoms with van der Waals surface area (Å²) in [7, 11) is 2.89. The zero-order valence-corrected chi connectivity index (χ0v) is 44.3. The molecule has 5 aliphatic heterocycles. The lowest BCUT2D eigenvalue weighted by molar-refractivity contribution is -0.149. The SMILES string of the molecule is C=CC(=O)Nc1cc(Nc2nc(-c3ccnc(N4CCn5c(cc6c5CC(C)(C)C6)C4=O)c3CO)cnc2OC)ccc1N1CCN(C2CCN(c3cccc4c3C(=O)N(C3CCC(=O)N(C)C3=O)C4=O)[C@@H](C)C2)C[C@@H]1C. The zero-order chi connectivity index (χ0) is 54.2. The Bertz CT molecular complexity index is 3300. The van der Waals surface area contributed by atoms with Crippen LogP contribution in [-0.2, 0) is 40.4 Å². The van der Waals surface area contributed by atoms with Gasteiger partial charge >= 0.3 is 0 Å². The number of ether oxygens (including phenoxy) is 1. The zero-order valence-electron chi connectivity index (χ0n) is 44.3. The number of piperidine rings is 2. The lowest BCUT2D eigenvalue weighted by Crippen LogP contribution is -2.58. The Morgan fingerprint density at radius 1 is 0.896 bits per heavy atom. The monoisotopic (exact) mass is 1040 g/mol. The van der Waals surface area contributed by atoms with Crippen molar-refractivity contribution in [3.05, 3.63) is 107 Å². The molecule has 77 heavy (non-hydrogen) atoms. The molecule has 3 N–H and O–H groups in total. The summed E-state index contributed by atoms with van der Waals surface area (Å²) in [5.41, 5.74) is 7.90. The van der Waals surface area contributed by atoms with E-state index in [4.69, 9.17) is 9.72 Å². The van der Waals surface area contributed by atoms with Crippen LogP contribution < -0.4 is 30.1 Å². The van der Waals surface area contributed by atoms with Crippen LogP contribution in [0.2, 0.25) is 0 Å². The van der Waals surface area contributed by atoms with Gasteiger partial charge in [-0.05, 0) is 105 Å². The second-order valence-corrected chi connectivity index (χ2v) is 21.9. The fraction of sp³-hybridized carbons (Fsp3) is 0.421. The molecular formula is C57H64N12O8. The number of anilines is 6. The van der Waals surface area contributed by atoms with Gasteiger partial charge in [-0.3, -0.25) is 48.4 Å². The quantitative estimate of drug-likeness (QED) is 0.0993.